The van der Waals surface area contributed by atoms with E-state index in [0.29, 0.717) is 17.2 Å². The molecule has 0 spiro atoms. The lowest BCUT2D eigenvalue weighted by Gasteiger charge is -2.08. The molecular formula is C11H11N7O2S. The minimum absolute atomic E-state index is 0.0616. The summed E-state index contributed by atoms with van der Waals surface area (Å²) in [6, 6.07) is 6.77. The van der Waals surface area contributed by atoms with Crippen LogP contribution in [0.4, 0.5) is 5.69 Å². The zero-order valence-corrected chi connectivity index (χ0v) is 11.7. The first kappa shape index (κ1) is 13.2. The minimum Gasteiger partial charge on any atom is -0.284 e. The van der Waals surface area contributed by atoms with Gasteiger partial charge in [0.2, 0.25) is 0 Å². The zero-order valence-electron chi connectivity index (χ0n) is 10.9. The highest BCUT2D eigenvalue weighted by Gasteiger charge is 2.15. The van der Waals surface area contributed by atoms with Crippen LogP contribution in [0, 0.1) is 6.92 Å². The average molecular weight is 305 g/mol. The fourth-order valence-electron chi connectivity index (χ4n) is 1.77. The number of nitrogens with one attached hydrogen (secondary N) is 2. The minimum atomic E-state index is -3.67. The summed E-state index contributed by atoms with van der Waals surface area (Å²) in [6.45, 7) is 1.75. The van der Waals surface area contributed by atoms with Crippen LogP contribution in [0.5, 0.6) is 0 Å². The molecular weight excluding hydrogens is 294 g/mol. The van der Waals surface area contributed by atoms with Gasteiger partial charge in [-0.3, -0.25) is 9.82 Å². The van der Waals surface area contributed by atoms with Gasteiger partial charge in [-0.15, -0.1) is 5.10 Å². The first-order valence-electron chi connectivity index (χ1n) is 5.93. The van der Waals surface area contributed by atoms with E-state index >= 15 is 0 Å². The number of anilines is 1. The number of benzene rings is 1. The molecule has 0 fully saturated rings. The van der Waals surface area contributed by atoms with Gasteiger partial charge >= 0.3 is 0 Å². The van der Waals surface area contributed by atoms with Crippen molar-refractivity contribution in [1.82, 2.24) is 30.4 Å². The van der Waals surface area contributed by atoms with Gasteiger partial charge in [-0.1, -0.05) is 6.07 Å². The van der Waals surface area contributed by atoms with Gasteiger partial charge in [-0.2, -0.15) is 9.78 Å². The maximum atomic E-state index is 12.1. The molecule has 10 heteroatoms. The predicted octanol–water partition coefficient (Wildman–Crippen LogP) is 0.495. The van der Waals surface area contributed by atoms with E-state index in [1.165, 1.54) is 17.1 Å². The molecule has 3 rings (SSSR count). The summed E-state index contributed by atoms with van der Waals surface area (Å²) in [5, 5.41) is 17.3. The Labute approximate surface area is 120 Å². The molecule has 0 atom stereocenters. The number of nitrogens with zero attached hydrogens (tertiary/aromatic N) is 5. The van der Waals surface area contributed by atoms with Crippen LogP contribution in [0.1, 0.15) is 5.82 Å². The molecule has 108 valence electrons. The summed E-state index contributed by atoms with van der Waals surface area (Å²) >= 11 is 0. The molecule has 0 saturated heterocycles. The van der Waals surface area contributed by atoms with E-state index in [1.54, 1.807) is 31.2 Å². The van der Waals surface area contributed by atoms with Crippen molar-refractivity contribution in [3.05, 3.63) is 42.5 Å². The van der Waals surface area contributed by atoms with Gasteiger partial charge in [0.15, 0.2) is 5.82 Å². The number of aryl methyl sites for hydroxylation is 1. The highest BCUT2D eigenvalue weighted by molar-refractivity contribution is 7.92. The summed E-state index contributed by atoms with van der Waals surface area (Å²) in [6.07, 6.45) is 2.54. The number of H-pyrrole nitrogens is 1. The van der Waals surface area contributed by atoms with E-state index in [2.05, 4.69) is 30.4 Å². The normalized spacial score (nSPS) is 11.5. The van der Waals surface area contributed by atoms with Gasteiger partial charge in [0.25, 0.3) is 10.0 Å². The van der Waals surface area contributed by atoms with E-state index < -0.39 is 10.0 Å². The molecule has 0 aliphatic carbocycles. The summed E-state index contributed by atoms with van der Waals surface area (Å²) < 4.78 is 28.2. The highest BCUT2D eigenvalue weighted by atomic mass is 32.2. The van der Waals surface area contributed by atoms with Crippen molar-refractivity contribution in [2.45, 2.75) is 11.8 Å². The number of hydrogen-bond donors (Lipinski definition) is 2. The lowest BCUT2D eigenvalue weighted by atomic mass is 10.3. The molecule has 0 unspecified atom stereocenters. The molecule has 9 nitrogen and oxygen atoms in total. The molecule has 2 N–H and O–H groups in total. The number of rotatable bonds is 4. The summed E-state index contributed by atoms with van der Waals surface area (Å²) in [5.41, 5.74) is 1.06. The van der Waals surface area contributed by atoms with Gasteiger partial charge < -0.3 is 0 Å². The second-order valence-electron chi connectivity index (χ2n) is 4.23. The molecule has 0 bridgehead atoms. The van der Waals surface area contributed by atoms with Crippen molar-refractivity contribution in [2.24, 2.45) is 0 Å². The van der Waals surface area contributed by atoms with E-state index in [9.17, 15) is 8.42 Å². The first-order valence-corrected chi connectivity index (χ1v) is 7.41. The Morgan fingerprint density at radius 3 is 2.86 bits per heavy atom. The van der Waals surface area contributed by atoms with Crippen molar-refractivity contribution < 1.29 is 8.42 Å². The smallest absolute Gasteiger partial charge is 0.265 e. The first-order chi connectivity index (χ1) is 10.1. The number of aromatic amines is 1. The van der Waals surface area contributed by atoms with Crippen molar-refractivity contribution in [1.29, 1.82) is 0 Å². The van der Waals surface area contributed by atoms with E-state index in [-0.39, 0.29) is 4.90 Å². The summed E-state index contributed by atoms with van der Waals surface area (Å²) in [5.74, 6) is 0.602. The Hall–Kier alpha value is -2.75. The van der Waals surface area contributed by atoms with Crippen LogP contribution in [0.15, 0.2) is 41.6 Å². The standard InChI is InChI=1S/C11H11N7O2S/c1-8-14-16-17-18(8)10-4-2-3-9(5-10)15-21(19,20)11-6-12-13-7-11/h2-7,15H,1H3,(H,12,13). The van der Waals surface area contributed by atoms with E-state index in [0.717, 1.165) is 0 Å². The summed E-state index contributed by atoms with van der Waals surface area (Å²) in [7, 11) is -3.67. The molecule has 21 heavy (non-hydrogen) atoms. The van der Waals surface area contributed by atoms with Crippen molar-refractivity contribution in [3.8, 4) is 5.69 Å². The molecule has 0 radical (unpaired) electrons. The number of hydrogen-bond acceptors (Lipinski definition) is 6. The monoisotopic (exact) mass is 305 g/mol. The average Bonchev–Trinajstić information content (AvgIpc) is 3.09. The zero-order chi connectivity index (χ0) is 14.9. The Morgan fingerprint density at radius 2 is 2.19 bits per heavy atom. The summed E-state index contributed by atoms with van der Waals surface area (Å²) in [4.78, 5) is 0.0616. The molecule has 3 aromatic rings. The number of sulfonamides is 1. The molecule has 0 aliphatic rings. The molecule has 2 heterocycles. The third kappa shape index (κ3) is 2.60. The third-order valence-electron chi connectivity index (χ3n) is 2.75. The largest absolute Gasteiger partial charge is 0.284 e. The van der Waals surface area contributed by atoms with Gasteiger partial charge in [0, 0.05) is 6.20 Å². The lowest BCUT2D eigenvalue weighted by molar-refractivity contribution is 0.601. The Balaban J connectivity index is 1.93. The highest BCUT2D eigenvalue weighted by Crippen LogP contribution is 2.18. The number of aromatic nitrogens is 6. The predicted molar refractivity (Wildman–Crippen MR) is 73.3 cm³/mol. The Bertz CT molecular complexity index is 854. The van der Waals surface area contributed by atoms with Gasteiger partial charge in [0.05, 0.1) is 17.6 Å². The van der Waals surface area contributed by atoms with Crippen LogP contribution >= 0.6 is 0 Å². The maximum Gasteiger partial charge on any atom is 0.265 e. The van der Waals surface area contributed by atoms with Gasteiger partial charge in [-0.05, 0) is 35.5 Å². The third-order valence-corrected chi connectivity index (χ3v) is 4.10. The topological polar surface area (TPSA) is 118 Å². The molecule has 0 aliphatic heterocycles. The van der Waals surface area contributed by atoms with Crippen LogP contribution in [0.2, 0.25) is 0 Å². The molecule has 0 amide bonds. The SMILES string of the molecule is Cc1nnnn1-c1cccc(NS(=O)(=O)c2cn[nH]c2)c1. The maximum absolute atomic E-state index is 12.1. The van der Waals surface area contributed by atoms with Gasteiger partial charge in [-0.25, -0.2) is 8.42 Å². The van der Waals surface area contributed by atoms with Crippen LogP contribution in [0.25, 0.3) is 5.69 Å². The fraction of sp³-hybridized carbons (Fsp3) is 0.0909. The Morgan fingerprint density at radius 1 is 1.33 bits per heavy atom. The van der Waals surface area contributed by atoms with Crippen LogP contribution in [0.3, 0.4) is 0 Å². The second kappa shape index (κ2) is 4.98. The Kier molecular flexibility index (Phi) is 3.14. The second-order valence-corrected chi connectivity index (χ2v) is 5.91. The lowest BCUT2D eigenvalue weighted by Crippen LogP contribution is -2.12. The van der Waals surface area contributed by atoms with Crippen LogP contribution in [-0.2, 0) is 10.0 Å². The fourth-order valence-corrected chi connectivity index (χ4v) is 2.73. The van der Waals surface area contributed by atoms with Gasteiger partial charge in [0.1, 0.15) is 4.90 Å². The van der Waals surface area contributed by atoms with Crippen LogP contribution < -0.4 is 4.72 Å². The van der Waals surface area contributed by atoms with Crippen molar-refractivity contribution in [3.63, 3.8) is 0 Å². The quantitative estimate of drug-likeness (QED) is 0.724. The van der Waals surface area contributed by atoms with Crippen molar-refractivity contribution in [2.75, 3.05) is 4.72 Å². The van der Waals surface area contributed by atoms with E-state index in [1.807, 2.05) is 0 Å². The molecule has 2 aromatic heterocycles. The van der Waals surface area contributed by atoms with Crippen molar-refractivity contribution >= 4 is 15.7 Å². The molecule has 1 aromatic carbocycles. The molecule has 0 saturated carbocycles. The van der Waals surface area contributed by atoms with Crippen LogP contribution in [-0.4, -0.2) is 38.8 Å². The number of tetrazole rings is 1. The van der Waals surface area contributed by atoms with E-state index in [4.69, 9.17) is 0 Å².